The Hall–Kier alpha value is -3.32. The van der Waals surface area contributed by atoms with Crippen molar-refractivity contribution in [1.29, 1.82) is 0 Å². The Bertz CT molecular complexity index is 1230. The van der Waals surface area contributed by atoms with Gasteiger partial charge in [-0.3, -0.25) is 5.10 Å². The van der Waals surface area contributed by atoms with Gasteiger partial charge >= 0.3 is 0 Å². The average Bonchev–Trinajstić information content (AvgIpc) is 3.30. The highest BCUT2D eigenvalue weighted by Crippen LogP contribution is 2.24. The van der Waals surface area contributed by atoms with Gasteiger partial charge in [0.25, 0.3) is 0 Å². The molecule has 0 aliphatic heterocycles. The topological polar surface area (TPSA) is 63.8 Å². The number of H-pyrrole nitrogens is 1. The smallest absolute Gasteiger partial charge is 0.216 e. The van der Waals surface area contributed by atoms with Crippen molar-refractivity contribution in [3.63, 3.8) is 0 Å². The number of hydrogen-bond acceptors (Lipinski definition) is 4. The first kappa shape index (κ1) is 19.0. The van der Waals surface area contributed by atoms with Gasteiger partial charge in [0.15, 0.2) is 0 Å². The molecule has 2 aromatic heterocycles. The summed E-state index contributed by atoms with van der Waals surface area (Å²) in [5.41, 5.74) is 6.30. The van der Waals surface area contributed by atoms with Crippen molar-refractivity contribution in [1.82, 2.24) is 24.7 Å². The van der Waals surface area contributed by atoms with Crippen molar-refractivity contribution in [2.75, 3.05) is 0 Å². The third-order valence-corrected chi connectivity index (χ3v) is 5.13. The van der Waals surface area contributed by atoms with Crippen molar-refractivity contribution in [3.05, 3.63) is 82.0 Å². The molecule has 4 aromatic rings. The second-order valence-corrected chi connectivity index (χ2v) is 7.23. The first-order chi connectivity index (χ1) is 14.1. The fraction of sp³-hybridized carbons (Fsp3) is 0.182. The lowest BCUT2D eigenvalue weighted by atomic mass is 10.1. The van der Waals surface area contributed by atoms with Crippen molar-refractivity contribution >= 4 is 18.4 Å². The molecular formula is C22H22N6S. The number of para-hydroxylation sites is 1. The van der Waals surface area contributed by atoms with E-state index in [2.05, 4.69) is 65.5 Å². The Balaban J connectivity index is 1.83. The molecule has 1 N–H and O–H groups in total. The highest BCUT2D eigenvalue weighted by molar-refractivity contribution is 7.71. The normalized spacial score (nSPS) is 11.4. The standard InChI is InChI=1S/C22H22N6S/c1-4-17-9-11-18(12-10-17)21-19(13-23-28-16(3)24-25-22(28)29)14-27(26-21)20-8-6-5-7-15(20)2/h5-14H,4H2,1-3H3,(H,25,29)/b23-13-. The van der Waals surface area contributed by atoms with E-state index in [4.69, 9.17) is 17.3 Å². The van der Waals surface area contributed by atoms with E-state index >= 15 is 0 Å². The summed E-state index contributed by atoms with van der Waals surface area (Å²) in [4.78, 5) is 0. The van der Waals surface area contributed by atoms with E-state index in [0.717, 1.165) is 34.5 Å². The van der Waals surface area contributed by atoms with Gasteiger partial charge in [-0.2, -0.15) is 20.0 Å². The number of rotatable bonds is 5. The predicted molar refractivity (Wildman–Crippen MR) is 118 cm³/mol. The fourth-order valence-electron chi connectivity index (χ4n) is 3.17. The molecule has 0 amide bonds. The van der Waals surface area contributed by atoms with E-state index in [0.29, 0.717) is 10.6 Å². The van der Waals surface area contributed by atoms with Crippen molar-refractivity contribution in [3.8, 4) is 16.9 Å². The van der Waals surface area contributed by atoms with Crippen LogP contribution >= 0.6 is 12.2 Å². The van der Waals surface area contributed by atoms with Crippen LogP contribution in [0.4, 0.5) is 0 Å². The first-order valence-electron chi connectivity index (χ1n) is 9.50. The van der Waals surface area contributed by atoms with Crippen LogP contribution in [-0.4, -0.2) is 30.9 Å². The number of benzene rings is 2. The van der Waals surface area contributed by atoms with E-state index in [-0.39, 0.29) is 0 Å². The third kappa shape index (κ3) is 3.82. The minimum absolute atomic E-state index is 0.457. The average molecular weight is 403 g/mol. The zero-order chi connectivity index (χ0) is 20.4. The molecule has 0 fully saturated rings. The van der Waals surface area contributed by atoms with Crippen LogP contribution < -0.4 is 0 Å². The van der Waals surface area contributed by atoms with Crippen LogP contribution in [0.15, 0.2) is 59.8 Å². The van der Waals surface area contributed by atoms with Gasteiger partial charge in [0.1, 0.15) is 11.5 Å². The minimum Gasteiger partial charge on any atom is -0.250 e. The van der Waals surface area contributed by atoms with Crippen LogP contribution in [0.5, 0.6) is 0 Å². The van der Waals surface area contributed by atoms with E-state index in [1.165, 1.54) is 5.56 Å². The largest absolute Gasteiger partial charge is 0.250 e. The summed E-state index contributed by atoms with van der Waals surface area (Å²) in [5.74, 6) is 0.700. The van der Waals surface area contributed by atoms with Crippen LogP contribution in [0.1, 0.15) is 29.4 Å². The van der Waals surface area contributed by atoms with Gasteiger partial charge in [-0.1, -0.05) is 49.4 Å². The maximum Gasteiger partial charge on any atom is 0.216 e. The number of nitrogens with one attached hydrogen (secondary N) is 1. The monoisotopic (exact) mass is 402 g/mol. The van der Waals surface area contributed by atoms with Gasteiger partial charge in [0, 0.05) is 17.3 Å². The maximum atomic E-state index is 5.25. The molecule has 4 rings (SSSR count). The van der Waals surface area contributed by atoms with Gasteiger partial charge in [-0.05, 0) is 49.7 Å². The zero-order valence-corrected chi connectivity index (χ0v) is 17.4. The fourth-order valence-corrected chi connectivity index (χ4v) is 3.40. The van der Waals surface area contributed by atoms with Crippen LogP contribution in [0.2, 0.25) is 0 Å². The van der Waals surface area contributed by atoms with Crippen molar-refractivity contribution in [2.24, 2.45) is 5.10 Å². The lowest BCUT2D eigenvalue weighted by Crippen LogP contribution is -1.97. The van der Waals surface area contributed by atoms with Crippen molar-refractivity contribution < 1.29 is 0 Å². The Morgan fingerprint density at radius 2 is 1.86 bits per heavy atom. The Morgan fingerprint density at radius 1 is 1.10 bits per heavy atom. The molecule has 0 unspecified atom stereocenters. The number of aryl methyl sites for hydroxylation is 3. The Kier molecular flexibility index (Phi) is 5.22. The summed E-state index contributed by atoms with van der Waals surface area (Å²) < 4.78 is 3.96. The Morgan fingerprint density at radius 3 is 2.52 bits per heavy atom. The second-order valence-electron chi connectivity index (χ2n) is 6.85. The summed E-state index contributed by atoms with van der Waals surface area (Å²) in [7, 11) is 0. The lowest BCUT2D eigenvalue weighted by molar-refractivity contribution is 0.821. The Labute approximate surface area is 174 Å². The molecule has 0 bridgehead atoms. The molecule has 0 aliphatic carbocycles. The molecule has 7 heteroatoms. The zero-order valence-electron chi connectivity index (χ0n) is 16.6. The maximum absolute atomic E-state index is 5.25. The molecule has 6 nitrogen and oxygen atoms in total. The predicted octanol–water partition coefficient (Wildman–Crippen LogP) is 4.85. The van der Waals surface area contributed by atoms with E-state index < -0.39 is 0 Å². The first-order valence-corrected chi connectivity index (χ1v) is 9.91. The van der Waals surface area contributed by atoms with E-state index in [1.807, 2.05) is 29.9 Å². The number of aromatic nitrogens is 5. The third-order valence-electron chi connectivity index (χ3n) is 4.86. The lowest BCUT2D eigenvalue weighted by Gasteiger charge is -2.05. The SMILES string of the molecule is CCc1ccc(-c2nn(-c3ccccc3C)cc2/C=N\n2c(C)n[nH]c2=S)cc1. The molecule has 0 atom stereocenters. The minimum atomic E-state index is 0.457. The molecule has 2 heterocycles. The van der Waals surface area contributed by atoms with Crippen LogP contribution in [-0.2, 0) is 6.42 Å². The summed E-state index contributed by atoms with van der Waals surface area (Å²) in [6, 6.07) is 16.7. The van der Waals surface area contributed by atoms with Gasteiger partial charge in [0.05, 0.1) is 11.9 Å². The van der Waals surface area contributed by atoms with Gasteiger partial charge in [0.2, 0.25) is 4.77 Å². The van der Waals surface area contributed by atoms with Gasteiger partial charge in [-0.15, -0.1) is 0 Å². The molecule has 0 saturated carbocycles. The van der Waals surface area contributed by atoms with E-state index in [9.17, 15) is 0 Å². The molecule has 2 aromatic carbocycles. The molecule has 0 saturated heterocycles. The highest BCUT2D eigenvalue weighted by atomic mass is 32.1. The van der Waals surface area contributed by atoms with Crippen LogP contribution in [0.3, 0.4) is 0 Å². The summed E-state index contributed by atoms with van der Waals surface area (Å²) in [6.07, 6.45) is 4.78. The highest BCUT2D eigenvalue weighted by Gasteiger charge is 2.12. The van der Waals surface area contributed by atoms with Crippen LogP contribution in [0, 0.1) is 18.6 Å². The summed E-state index contributed by atoms with van der Waals surface area (Å²) in [5, 5.41) is 16.3. The second kappa shape index (κ2) is 7.97. The summed E-state index contributed by atoms with van der Waals surface area (Å²) in [6.45, 7) is 6.08. The molecule has 0 spiro atoms. The molecule has 0 radical (unpaired) electrons. The number of nitrogens with zero attached hydrogens (tertiary/aromatic N) is 5. The van der Waals surface area contributed by atoms with Gasteiger partial charge < -0.3 is 0 Å². The molecule has 29 heavy (non-hydrogen) atoms. The quantitative estimate of drug-likeness (QED) is 0.383. The summed E-state index contributed by atoms with van der Waals surface area (Å²) >= 11 is 5.25. The molecule has 146 valence electrons. The molecule has 0 aliphatic rings. The van der Waals surface area contributed by atoms with Crippen molar-refractivity contribution in [2.45, 2.75) is 27.2 Å². The number of hydrogen-bond donors (Lipinski definition) is 1. The van der Waals surface area contributed by atoms with E-state index in [1.54, 1.807) is 10.9 Å². The number of aromatic amines is 1. The van der Waals surface area contributed by atoms with Gasteiger partial charge in [-0.25, -0.2) is 4.68 Å². The molecular weight excluding hydrogens is 380 g/mol. The van der Waals surface area contributed by atoms with Crippen LogP contribution in [0.25, 0.3) is 16.9 Å².